The Morgan fingerprint density at radius 1 is 1.53 bits per heavy atom. The summed E-state index contributed by atoms with van der Waals surface area (Å²) < 4.78 is 2.10. The van der Waals surface area contributed by atoms with Crippen LogP contribution in [-0.4, -0.2) is 15.4 Å². The molecule has 0 saturated carbocycles. The van der Waals surface area contributed by atoms with Crippen LogP contribution in [0.1, 0.15) is 24.7 Å². The van der Waals surface area contributed by atoms with Gasteiger partial charge >= 0.3 is 0 Å². The average molecular weight is 227 g/mol. The molecule has 3 nitrogen and oxygen atoms in total. The molecule has 0 amide bonds. The van der Waals surface area contributed by atoms with E-state index in [1.54, 1.807) is 0 Å². The molecule has 2 aromatic heterocycles. The zero-order chi connectivity index (χ0) is 12.3. The molecule has 0 fully saturated rings. The normalized spacial score (nSPS) is 12.5. The second-order valence-corrected chi connectivity index (χ2v) is 4.08. The van der Waals surface area contributed by atoms with Crippen LogP contribution in [0.5, 0.6) is 0 Å². The lowest BCUT2D eigenvalue weighted by atomic mass is 10.2. The lowest BCUT2D eigenvalue weighted by Crippen LogP contribution is -2.27. The highest BCUT2D eigenvalue weighted by Gasteiger charge is 2.09. The number of nitrogens with zero attached hydrogens (tertiary/aromatic N) is 2. The maximum atomic E-state index is 5.44. The minimum Gasteiger partial charge on any atom is -0.302 e. The maximum absolute atomic E-state index is 5.44. The minimum atomic E-state index is 0.128. The summed E-state index contributed by atoms with van der Waals surface area (Å²) in [5.41, 5.74) is 3.21. The number of nitrogens with one attached hydrogen (secondary N) is 1. The van der Waals surface area contributed by atoms with Crippen LogP contribution in [0.25, 0.3) is 5.65 Å². The Morgan fingerprint density at radius 3 is 3.06 bits per heavy atom. The van der Waals surface area contributed by atoms with E-state index in [9.17, 15) is 0 Å². The second kappa shape index (κ2) is 5.03. The van der Waals surface area contributed by atoms with Crippen LogP contribution < -0.4 is 5.32 Å². The van der Waals surface area contributed by atoms with E-state index in [4.69, 9.17) is 6.42 Å². The molecular weight excluding hydrogens is 210 g/mol. The Morgan fingerprint density at radius 2 is 2.35 bits per heavy atom. The van der Waals surface area contributed by atoms with Crippen molar-refractivity contribution in [2.24, 2.45) is 0 Å². The van der Waals surface area contributed by atoms with Crippen molar-refractivity contribution in [2.75, 3.05) is 0 Å². The fraction of sp³-hybridized carbons (Fsp3) is 0.357. The Hall–Kier alpha value is -1.79. The fourth-order valence-electron chi connectivity index (χ4n) is 1.92. The standard InChI is InChI=1S/C14H17N3/c1-4-12(5-2)15-10-13-11(3)16-14-8-6-7-9-17(13)14/h1,6-9,12,15H,5,10H2,2-3H3. The zero-order valence-corrected chi connectivity index (χ0v) is 10.3. The number of aryl methyl sites for hydroxylation is 1. The van der Waals surface area contributed by atoms with Crippen molar-refractivity contribution in [2.45, 2.75) is 32.9 Å². The third kappa shape index (κ3) is 2.32. The van der Waals surface area contributed by atoms with E-state index < -0.39 is 0 Å². The van der Waals surface area contributed by atoms with E-state index in [0.717, 1.165) is 24.3 Å². The molecule has 0 aliphatic rings. The quantitative estimate of drug-likeness (QED) is 0.811. The van der Waals surface area contributed by atoms with Crippen molar-refractivity contribution in [3.8, 4) is 12.3 Å². The predicted octanol–water partition coefficient (Wildman–Crippen LogP) is 2.14. The van der Waals surface area contributed by atoms with Gasteiger partial charge in [-0.05, 0) is 25.5 Å². The summed E-state index contributed by atoms with van der Waals surface area (Å²) in [6.07, 6.45) is 8.41. The monoisotopic (exact) mass is 227 g/mol. The van der Waals surface area contributed by atoms with E-state index in [-0.39, 0.29) is 6.04 Å². The van der Waals surface area contributed by atoms with Gasteiger partial charge in [0.25, 0.3) is 0 Å². The second-order valence-electron chi connectivity index (χ2n) is 4.08. The van der Waals surface area contributed by atoms with Crippen LogP contribution >= 0.6 is 0 Å². The topological polar surface area (TPSA) is 29.3 Å². The molecule has 0 aromatic carbocycles. The highest BCUT2D eigenvalue weighted by molar-refractivity contribution is 5.42. The first-order valence-electron chi connectivity index (χ1n) is 5.88. The molecule has 0 aliphatic carbocycles. The number of hydrogen-bond acceptors (Lipinski definition) is 2. The number of pyridine rings is 1. The summed E-state index contributed by atoms with van der Waals surface area (Å²) in [5, 5.41) is 3.36. The molecule has 17 heavy (non-hydrogen) atoms. The molecule has 0 spiro atoms. The van der Waals surface area contributed by atoms with Crippen LogP contribution in [-0.2, 0) is 6.54 Å². The highest BCUT2D eigenvalue weighted by Crippen LogP contribution is 2.11. The third-order valence-corrected chi connectivity index (χ3v) is 2.95. The van der Waals surface area contributed by atoms with Gasteiger partial charge in [0.1, 0.15) is 5.65 Å². The van der Waals surface area contributed by atoms with E-state index in [1.165, 1.54) is 5.69 Å². The summed E-state index contributed by atoms with van der Waals surface area (Å²) >= 11 is 0. The zero-order valence-electron chi connectivity index (χ0n) is 10.3. The van der Waals surface area contributed by atoms with Crippen molar-refractivity contribution in [1.82, 2.24) is 14.7 Å². The van der Waals surface area contributed by atoms with Crippen LogP contribution in [0.3, 0.4) is 0 Å². The van der Waals surface area contributed by atoms with E-state index in [2.05, 4.69) is 27.5 Å². The molecule has 2 aromatic rings. The molecule has 2 heterocycles. The number of fused-ring (bicyclic) bond motifs is 1. The van der Waals surface area contributed by atoms with Gasteiger partial charge in [0.15, 0.2) is 0 Å². The van der Waals surface area contributed by atoms with E-state index >= 15 is 0 Å². The summed E-state index contributed by atoms with van der Waals surface area (Å²) in [5.74, 6) is 2.74. The molecule has 0 saturated heterocycles. The molecule has 0 radical (unpaired) electrons. The molecule has 3 heteroatoms. The molecular formula is C14H17N3. The SMILES string of the molecule is C#CC(CC)NCc1c(C)nc2ccccn12. The summed E-state index contributed by atoms with van der Waals surface area (Å²) in [4.78, 5) is 4.51. The van der Waals surface area contributed by atoms with Gasteiger partial charge in [-0.15, -0.1) is 6.42 Å². The molecule has 88 valence electrons. The van der Waals surface area contributed by atoms with E-state index in [1.807, 2.05) is 31.3 Å². The molecule has 0 bridgehead atoms. The average Bonchev–Trinajstić information content (AvgIpc) is 2.67. The lowest BCUT2D eigenvalue weighted by Gasteiger charge is -2.10. The van der Waals surface area contributed by atoms with Crippen molar-refractivity contribution >= 4 is 5.65 Å². The fourth-order valence-corrected chi connectivity index (χ4v) is 1.92. The molecule has 1 N–H and O–H groups in total. The Bertz CT molecular complexity index is 548. The first-order chi connectivity index (χ1) is 8.26. The smallest absolute Gasteiger partial charge is 0.137 e. The van der Waals surface area contributed by atoms with E-state index in [0.29, 0.717) is 0 Å². The first kappa shape index (κ1) is 11.7. The van der Waals surface area contributed by atoms with Crippen molar-refractivity contribution in [1.29, 1.82) is 0 Å². The molecule has 1 unspecified atom stereocenters. The Kier molecular flexibility index (Phi) is 3.46. The van der Waals surface area contributed by atoms with Crippen molar-refractivity contribution in [3.05, 3.63) is 35.8 Å². The number of hydrogen-bond donors (Lipinski definition) is 1. The van der Waals surface area contributed by atoms with Gasteiger partial charge in [-0.2, -0.15) is 0 Å². The molecule has 1 atom stereocenters. The van der Waals surface area contributed by atoms with Gasteiger partial charge in [-0.25, -0.2) is 4.98 Å². The Balaban J connectivity index is 2.24. The minimum absolute atomic E-state index is 0.128. The number of terminal acetylenes is 1. The van der Waals surface area contributed by atoms with Crippen LogP contribution in [0, 0.1) is 19.3 Å². The van der Waals surface area contributed by atoms with Gasteiger partial charge < -0.3 is 4.40 Å². The van der Waals surface area contributed by atoms with Crippen LogP contribution in [0.4, 0.5) is 0 Å². The summed E-state index contributed by atoms with van der Waals surface area (Å²) in [7, 11) is 0. The maximum Gasteiger partial charge on any atom is 0.137 e. The van der Waals surface area contributed by atoms with Gasteiger partial charge in [0, 0.05) is 12.7 Å². The third-order valence-electron chi connectivity index (χ3n) is 2.95. The van der Waals surface area contributed by atoms with Crippen LogP contribution in [0.15, 0.2) is 24.4 Å². The van der Waals surface area contributed by atoms with Gasteiger partial charge in [-0.3, -0.25) is 5.32 Å². The van der Waals surface area contributed by atoms with Crippen molar-refractivity contribution in [3.63, 3.8) is 0 Å². The van der Waals surface area contributed by atoms with Crippen LogP contribution in [0.2, 0.25) is 0 Å². The van der Waals surface area contributed by atoms with Gasteiger partial charge in [0.2, 0.25) is 0 Å². The number of rotatable bonds is 4. The highest BCUT2D eigenvalue weighted by atomic mass is 15.0. The predicted molar refractivity (Wildman–Crippen MR) is 69.7 cm³/mol. The van der Waals surface area contributed by atoms with Crippen molar-refractivity contribution < 1.29 is 0 Å². The lowest BCUT2D eigenvalue weighted by molar-refractivity contribution is 0.582. The molecule has 0 aliphatic heterocycles. The Labute approximate surface area is 102 Å². The largest absolute Gasteiger partial charge is 0.302 e. The summed E-state index contributed by atoms with van der Waals surface area (Å²) in [6.45, 7) is 4.86. The first-order valence-corrected chi connectivity index (χ1v) is 5.88. The number of aromatic nitrogens is 2. The molecule has 2 rings (SSSR count). The van der Waals surface area contributed by atoms with Gasteiger partial charge in [0.05, 0.1) is 17.4 Å². The number of imidazole rings is 1. The summed E-state index contributed by atoms with van der Waals surface area (Å²) in [6, 6.07) is 6.14. The van der Waals surface area contributed by atoms with Gasteiger partial charge in [-0.1, -0.05) is 18.9 Å².